The first kappa shape index (κ1) is 15.5. The van der Waals surface area contributed by atoms with Gasteiger partial charge in [-0.3, -0.25) is 4.79 Å². The van der Waals surface area contributed by atoms with Gasteiger partial charge in [-0.2, -0.15) is 0 Å². The zero-order chi connectivity index (χ0) is 15.1. The number of hydrogen-bond donors (Lipinski definition) is 1. The highest BCUT2D eigenvalue weighted by molar-refractivity contribution is 5.96. The fourth-order valence-electron chi connectivity index (χ4n) is 2.46. The van der Waals surface area contributed by atoms with Crippen molar-refractivity contribution in [3.8, 4) is 0 Å². The number of carbonyl (C=O) groups is 1. The molecule has 1 atom stereocenters. The number of aryl methyl sites for hydroxylation is 1. The van der Waals surface area contributed by atoms with Crippen LogP contribution >= 0.6 is 0 Å². The summed E-state index contributed by atoms with van der Waals surface area (Å²) >= 11 is 0. The number of amides is 1. The second kappa shape index (κ2) is 7.79. The van der Waals surface area contributed by atoms with Crippen molar-refractivity contribution in [3.63, 3.8) is 0 Å². The van der Waals surface area contributed by atoms with Gasteiger partial charge in [0, 0.05) is 19.2 Å². The quantitative estimate of drug-likeness (QED) is 0.873. The molecule has 3 nitrogen and oxygen atoms in total. The van der Waals surface area contributed by atoms with E-state index in [1.54, 1.807) is 11.9 Å². The van der Waals surface area contributed by atoms with Gasteiger partial charge >= 0.3 is 0 Å². The molecule has 2 rings (SSSR count). The molecule has 0 spiro atoms. The highest BCUT2D eigenvalue weighted by Gasteiger charge is 2.16. The minimum Gasteiger partial charge on any atom is -0.391 e. The van der Waals surface area contributed by atoms with Crippen LogP contribution in [0.15, 0.2) is 54.1 Å². The molecule has 1 amide bonds. The van der Waals surface area contributed by atoms with E-state index < -0.39 is 6.10 Å². The third-order valence-electron chi connectivity index (χ3n) is 3.68. The largest absolute Gasteiger partial charge is 0.391 e. The van der Waals surface area contributed by atoms with Crippen molar-refractivity contribution in [2.24, 2.45) is 0 Å². The number of hydrogen-bond acceptors (Lipinski definition) is 2. The van der Waals surface area contributed by atoms with Crippen LogP contribution in [0.3, 0.4) is 0 Å². The van der Waals surface area contributed by atoms with E-state index in [1.807, 2.05) is 36.4 Å². The highest BCUT2D eigenvalue weighted by Crippen LogP contribution is 2.13. The van der Waals surface area contributed by atoms with Crippen LogP contribution in [0.25, 0.3) is 0 Å². The van der Waals surface area contributed by atoms with Crippen molar-refractivity contribution < 1.29 is 9.90 Å². The molecule has 1 N–H and O–H groups in total. The van der Waals surface area contributed by atoms with Gasteiger partial charge in [-0.15, -0.1) is 0 Å². The summed E-state index contributed by atoms with van der Waals surface area (Å²) in [6.07, 6.45) is 8.78. The standard InChI is InChI=1S/C18H23NO2/c1-19(18(21)16-10-6-3-7-11-16)14-17(20)13-12-15-8-4-2-5-9-15/h2,4-6,8-11,17,20H,3,7,12-14H2,1H3. The molecule has 3 heteroatoms. The third kappa shape index (κ3) is 4.87. The van der Waals surface area contributed by atoms with E-state index in [0.717, 1.165) is 24.8 Å². The first-order valence-corrected chi connectivity index (χ1v) is 7.51. The molecule has 1 aromatic rings. The summed E-state index contributed by atoms with van der Waals surface area (Å²) in [6, 6.07) is 10.1. The van der Waals surface area contributed by atoms with Crippen molar-refractivity contribution in [1.29, 1.82) is 0 Å². The van der Waals surface area contributed by atoms with Crippen molar-refractivity contribution in [1.82, 2.24) is 4.90 Å². The van der Waals surface area contributed by atoms with Crippen LogP contribution in [-0.4, -0.2) is 35.6 Å². The van der Waals surface area contributed by atoms with Gasteiger partial charge in [0.15, 0.2) is 0 Å². The molecular weight excluding hydrogens is 262 g/mol. The average molecular weight is 285 g/mol. The van der Waals surface area contributed by atoms with E-state index >= 15 is 0 Å². The van der Waals surface area contributed by atoms with E-state index in [9.17, 15) is 9.90 Å². The topological polar surface area (TPSA) is 40.5 Å². The number of rotatable bonds is 6. The Labute approximate surface area is 126 Å². The summed E-state index contributed by atoms with van der Waals surface area (Å²) in [4.78, 5) is 13.8. The van der Waals surface area contributed by atoms with Gasteiger partial charge in [0.1, 0.15) is 0 Å². The predicted octanol–water partition coefficient (Wildman–Crippen LogP) is 2.71. The molecule has 112 valence electrons. The molecule has 0 aliphatic heterocycles. The number of carbonyl (C=O) groups excluding carboxylic acids is 1. The fourth-order valence-corrected chi connectivity index (χ4v) is 2.46. The molecular formula is C18H23NO2. The van der Waals surface area contributed by atoms with Gasteiger partial charge in [-0.05, 0) is 31.2 Å². The van der Waals surface area contributed by atoms with Crippen LogP contribution in [0.4, 0.5) is 0 Å². The van der Waals surface area contributed by atoms with E-state index in [0.29, 0.717) is 13.0 Å². The second-order valence-electron chi connectivity index (χ2n) is 5.50. The summed E-state index contributed by atoms with van der Waals surface area (Å²) < 4.78 is 0. The number of benzene rings is 1. The monoisotopic (exact) mass is 285 g/mol. The summed E-state index contributed by atoms with van der Waals surface area (Å²) in [5.74, 6) is -0.00953. The zero-order valence-corrected chi connectivity index (χ0v) is 12.5. The van der Waals surface area contributed by atoms with Crippen LogP contribution in [0.1, 0.15) is 24.8 Å². The molecule has 0 saturated heterocycles. The molecule has 0 radical (unpaired) electrons. The Bertz CT molecular complexity index is 519. The highest BCUT2D eigenvalue weighted by atomic mass is 16.3. The predicted molar refractivity (Wildman–Crippen MR) is 84.9 cm³/mol. The molecule has 0 saturated carbocycles. The van der Waals surface area contributed by atoms with Crippen LogP contribution in [-0.2, 0) is 11.2 Å². The Morgan fingerprint density at radius 1 is 1.29 bits per heavy atom. The maximum atomic E-state index is 12.2. The summed E-state index contributed by atoms with van der Waals surface area (Å²) in [5.41, 5.74) is 1.95. The maximum Gasteiger partial charge on any atom is 0.253 e. The van der Waals surface area contributed by atoms with Gasteiger partial charge in [-0.1, -0.05) is 48.6 Å². The number of nitrogens with zero attached hydrogens (tertiary/aromatic N) is 1. The van der Waals surface area contributed by atoms with Gasteiger partial charge in [-0.25, -0.2) is 0 Å². The third-order valence-corrected chi connectivity index (χ3v) is 3.68. The number of aliphatic hydroxyl groups is 1. The van der Waals surface area contributed by atoms with E-state index in [-0.39, 0.29) is 5.91 Å². The minimum atomic E-state index is -0.493. The summed E-state index contributed by atoms with van der Waals surface area (Å²) in [5, 5.41) is 10.1. The fraction of sp³-hybridized carbons (Fsp3) is 0.389. The molecule has 0 aromatic heterocycles. The smallest absolute Gasteiger partial charge is 0.253 e. The number of allylic oxidation sites excluding steroid dienone is 2. The van der Waals surface area contributed by atoms with E-state index in [4.69, 9.17) is 0 Å². The van der Waals surface area contributed by atoms with Gasteiger partial charge in [0.25, 0.3) is 5.91 Å². The lowest BCUT2D eigenvalue weighted by atomic mass is 10.0. The number of aliphatic hydroxyl groups excluding tert-OH is 1. The Kier molecular flexibility index (Phi) is 5.76. The molecule has 21 heavy (non-hydrogen) atoms. The molecule has 0 fully saturated rings. The van der Waals surface area contributed by atoms with Gasteiger partial charge < -0.3 is 10.0 Å². The van der Waals surface area contributed by atoms with Crippen molar-refractivity contribution in [2.45, 2.75) is 31.8 Å². The van der Waals surface area contributed by atoms with E-state index in [2.05, 4.69) is 12.1 Å². The normalized spacial score (nSPS) is 15.4. The van der Waals surface area contributed by atoms with Crippen LogP contribution in [0.5, 0.6) is 0 Å². The van der Waals surface area contributed by atoms with Gasteiger partial charge in [0.05, 0.1) is 6.10 Å². The molecule has 1 unspecified atom stereocenters. The Hall–Kier alpha value is -1.87. The number of likely N-dealkylation sites (N-methyl/N-ethyl adjacent to an activating group) is 1. The molecule has 1 aliphatic rings. The summed E-state index contributed by atoms with van der Waals surface area (Å²) in [6.45, 7) is 0.372. The minimum absolute atomic E-state index is 0.00953. The maximum absolute atomic E-state index is 12.2. The zero-order valence-electron chi connectivity index (χ0n) is 12.5. The molecule has 0 bridgehead atoms. The van der Waals surface area contributed by atoms with Crippen molar-refractivity contribution in [3.05, 3.63) is 59.7 Å². The Morgan fingerprint density at radius 3 is 2.71 bits per heavy atom. The van der Waals surface area contributed by atoms with Crippen LogP contribution in [0, 0.1) is 0 Å². The van der Waals surface area contributed by atoms with Gasteiger partial charge in [0.2, 0.25) is 0 Å². The van der Waals surface area contributed by atoms with Crippen LogP contribution < -0.4 is 0 Å². The lowest BCUT2D eigenvalue weighted by Gasteiger charge is -2.22. The molecule has 1 aromatic carbocycles. The first-order chi connectivity index (χ1) is 10.2. The SMILES string of the molecule is CN(CC(O)CCc1ccccc1)C(=O)C1=CCCC=C1. The van der Waals surface area contributed by atoms with Crippen molar-refractivity contribution >= 4 is 5.91 Å². The first-order valence-electron chi connectivity index (χ1n) is 7.51. The average Bonchev–Trinajstić information content (AvgIpc) is 2.54. The lowest BCUT2D eigenvalue weighted by Crippen LogP contribution is -2.35. The molecule has 0 heterocycles. The molecule has 1 aliphatic carbocycles. The van der Waals surface area contributed by atoms with E-state index in [1.165, 1.54) is 5.56 Å². The second-order valence-corrected chi connectivity index (χ2v) is 5.50. The lowest BCUT2D eigenvalue weighted by molar-refractivity contribution is -0.126. The Balaban J connectivity index is 1.79. The van der Waals surface area contributed by atoms with Crippen LogP contribution in [0.2, 0.25) is 0 Å². The van der Waals surface area contributed by atoms with Crippen molar-refractivity contribution in [2.75, 3.05) is 13.6 Å². The summed E-state index contributed by atoms with van der Waals surface area (Å²) in [7, 11) is 1.75. The Morgan fingerprint density at radius 2 is 2.05 bits per heavy atom.